The molecule has 0 bridgehead atoms. The van der Waals surface area contributed by atoms with Gasteiger partial charge in [0.2, 0.25) is 5.91 Å². The number of aliphatic hydroxyl groups excluding tert-OH is 1. The van der Waals surface area contributed by atoms with Crippen molar-refractivity contribution in [2.24, 2.45) is 5.41 Å². The molecule has 1 spiro atoms. The molecule has 0 radical (unpaired) electrons. The molecule has 1 saturated carbocycles. The summed E-state index contributed by atoms with van der Waals surface area (Å²) in [6.45, 7) is 1.50. The molecule has 1 saturated heterocycles. The molecule has 0 unspecified atom stereocenters. The van der Waals surface area contributed by atoms with Gasteiger partial charge in [0.1, 0.15) is 0 Å². The normalized spacial score (nSPS) is 26.5. The standard InChI is InChI=1S/C24H29NO2/c26-22(21-9-5-2-6-10-21)13-17-25-18-16-24(23(25)27)14-11-20(12-15-24)19-7-3-1-4-8-19/h1-10,20,22,26H,11-18H2/t20?,22-,24?/m1/s1. The van der Waals surface area contributed by atoms with Gasteiger partial charge in [0, 0.05) is 13.1 Å². The summed E-state index contributed by atoms with van der Waals surface area (Å²) < 4.78 is 0. The van der Waals surface area contributed by atoms with Gasteiger partial charge in [-0.25, -0.2) is 0 Å². The molecule has 27 heavy (non-hydrogen) atoms. The van der Waals surface area contributed by atoms with Gasteiger partial charge in [-0.05, 0) is 55.6 Å². The molecule has 2 aliphatic rings. The summed E-state index contributed by atoms with van der Waals surface area (Å²) in [7, 11) is 0. The van der Waals surface area contributed by atoms with Gasteiger partial charge >= 0.3 is 0 Å². The van der Waals surface area contributed by atoms with Crippen LogP contribution in [-0.2, 0) is 4.79 Å². The summed E-state index contributed by atoms with van der Waals surface area (Å²) in [5.74, 6) is 0.924. The van der Waals surface area contributed by atoms with Gasteiger partial charge in [0.05, 0.1) is 11.5 Å². The lowest BCUT2D eigenvalue weighted by Gasteiger charge is -2.36. The Kier molecular flexibility index (Phi) is 5.31. The molecular formula is C24H29NO2. The number of aliphatic hydroxyl groups is 1. The van der Waals surface area contributed by atoms with Crippen LogP contribution in [0.1, 0.15) is 61.7 Å². The third kappa shape index (κ3) is 3.79. The lowest BCUT2D eigenvalue weighted by molar-refractivity contribution is -0.138. The zero-order valence-corrected chi connectivity index (χ0v) is 15.9. The first-order valence-electron chi connectivity index (χ1n) is 10.3. The van der Waals surface area contributed by atoms with Crippen LogP contribution in [0.15, 0.2) is 60.7 Å². The maximum Gasteiger partial charge on any atom is 0.228 e. The van der Waals surface area contributed by atoms with Crippen LogP contribution in [0.2, 0.25) is 0 Å². The molecule has 2 aromatic carbocycles. The molecule has 1 atom stereocenters. The highest BCUT2D eigenvalue weighted by molar-refractivity contribution is 5.85. The first-order valence-corrected chi connectivity index (χ1v) is 10.3. The van der Waals surface area contributed by atoms with E-state index in [1.54, 1.807) is 0 Å². The number of likely N-dealkylation sites (tertiary alicyclic amines) is 1. The van der Waals surface area contributed by atoms with Crippen molar-refractivity contribution >= 4 is 5.91 Å². The molecule has 142 valence electrons. The van der Waals surface area contributed by atoms with Gasteiger partial charge in [-0.15, -0.1) is 0 Å². The fourth-order valence-corrected chi connectivity index (χ4v) is 4.92. The lowest BCUT2D eigenvalue weighted by Crippen LogP contribution is -2.37. The number of hydrogen-bond acceptors (Lipinski definition) is 2. The second kappa shape index (κ2) is 7.85. The van der Waals surface area contributed by atoms with Crippen molar-refractivity contribution in [3.8, 4) is 0 Å². The van der Waals surface area contributed by atoms with E-state index < -0.39 is 6.10 Å². The Hall–Kier alpha value is -2.13. The number of carbonyl (C=O) groups excluding carboxylic acids is 1. The zero-order chi connectivity index (χ0) is 18.7. The largest absolute Gasteiger partial charge is 0.388 e. The van der Waals surface area contributed by atoms with Crippen LogP contribution in [0.25, 0.3) is 0 Å². The molecule has 0 aromatic heterocycles. The van der Waals surface area contributed by atoms with Crippen molar-refractivity contribution in [3.63, 3.8) is 0 Å². The van der Waals surface area contributed by atoms with Crippen LogP contribution in [0.5, 0.6) is 0 Å². The summed E-state index contributed by atoms with van der Waals surface area (Å²) in [6.07, 6.45) is 5.32. The van der Waals surface area contributed by atoms with Crippen LogP contribution in [0.4, 0.5) is 0 Å². The number of carbonyl (C=O) groups is 1. The van der Waals surface area contributed by atoms with Gasteiger partial charge < -0.3 is 10.0 Å². The summed E-state index contributed by atoms with van der Waals surface area (Å²) in [5, 5.41) is 10.4. The topological polar surface area (TPSA) is 40.5 Å². The minimum absolute atomic E-state index is 0.136. The summed E-state index contributed by atoms with van der Waals surface area (Å²) in [5.41, 5.74) is 2.21. The minimum Gasteiger partial charge on any atom is -0.388 e. The van der Waals surface area contributed by atoms with E-state index in [4.69, 9.17) is 0 Å². The smallest absolute Gasteiger partial charge is 0.228 e. The van der Waals surface area contributed by atoms with E-state index in [9.17, 15) is 9.90 Å². The highest BCUT2D eigenvalue weighted by atomic mass is 16.3. The van der Waals surface area contributed by atoms with E-state index in [1.165, 1.54) is 5.56 Å². The van der Waals surface area contributed by atoms with Crippen molar-refractivity contribution in [1.82, 2.24) is 4.90 Å². The fraction of sp³-hybridized carbons (Fsp3) is 0.458. The molecular weight excluding hydrogens is 334 g/mol. The van der Waals surface area contributed by atoms with Crippen molar-refractivity contribution in [3.05, 3.63) is 71.8 Å². The van der Waals surface area contributed by atoms with E-state index in [0.717, 1.165) is 44.2 Å². The van der Waals surface area contributed by atoms with Crippen LogP contribution >= 0.6 is 0 Å². The quantitative estimate of drug-likeness (QED) is 0.837. The highest BCUT2D eigenvalue weighted by Gasteiger charge is 2.48. The van der Waals surface area contributed by atoms with E-state index in [-0.39, 0.29) is 5.41 Å². The maximum absolute atomic E-state index is 13.1. The second-order valence-corrected chi connectivity index (χ2v) is 8.22. The average Bonchev–Trinajstić information content (AvgIpc) is 3.03. The van der Waals surface area contributed by atoms with Gasteiger partial charge in [0.15, 0.2) is 0 Å². The molecule has 1 heterocycles. The van der Waals surface area contributed by atoms with E-state index in [2.05, 4.69) is 30.3 Å². The Morgan fingerprint density at radius 2 is 1.59 bits per heavy atom. The molecule has 2 fully saturated rings. The predicted octanol–water partition coefficient (Wildman–Crippen LogP) is 4.69. The van der Waals surface area contributed by atoms with Crippen molar-refractivity contribution < 1.29 is 9.90 Å². The van der Waals surface area contributed by atoms with Crippen molar-refractivity contribution in [1.29, 1.82) is 0 Å². The van der Waals surface area contributed by atoms with E-state index in [1.807, 2.05) is 35.2 Å². The molecule has 1 aliphatic carbocycles. The van der Waals surface area contributed by atoms with Crippen molar-refractivity contribution in [2.75, 3.05) is 13.1 Å². The van der Waals surface area contributed by atoms with E-state index >= 15 is 0 Å². The number of amides is 1. The summed E-state index contributed by atoms with van der Waals surface area (Å²) >= 11 is 0. The van der Waals surface area contributed by atoms with Crippen LogP contribution < -0.4 is 0 Å². The van der Waals surface area contributed by atoms with Crippen LogP contribution in [0, 0.1) is 5.41 Å². The fourth-order valence-electron chi connectivity index (χ4n) is 4.92. The minimum atomic E-state index is -0.496. The Morgan fingerprint density at radius 1 is 0.963 bits per heavy atom. The lowest BCUT2D eigenvalue weighted by atomic mass is 9.68. The predicted molar refractivity (Wildman–Crippen MR) is 107 cm³/mol. The SMILES string of the molecule is O=C1N(CC[C@@H](O)c2ccccc2)CCC12CCC(c1ccccc1)CC2. The molecule has 1 amide bonds. The molecule has 3 heteroatoms. The Bertz CT molecular complexity index is 750. The van der Waals surface area contributed by atoms with Gasteiger partial charge in [-0.2, -0.15) is 0 Å². The van der Waals surface area contributed by atoms with Crippen molar-refractivity contribution in [2.45, 2.75) is 50.5 Å². The van der Waals surface area contributed by atoms with Crippen LogP contribution in [0.3, 0.4) is 0 Å². The Morgan fingerprint density at radius 3 is 2.26 bits per heavy atom. The first kappa shape index (κ1) is 18.2. The first-order chi connectivity index (χ1) is 13.2. The third-order valence-corrected chi connectivity index (χ3v) is 6.67. The Labute approximate surface area is 162 Å². The number of hydrogen-bond donors (Lipinski definition) is 1. The third-order valence-electron chi connectivity index (χ3n) is 6.67. The summed E-state index contributed by atoms with van der Waals surface area (Å²) in [4.78, 5) is 15.1. The molecule has 1 N–H and O–H groups in total. The Balaban J connectivity index is 1.32. The van der Waals surface area contributed by atoms with E-state index in [0.29, 0.717) is 24.8 Å². The monoisotopic (exact) mass is 363 g/mol. The average molecular weight is 364 g/mol. The number of rotatable bonds is 5. The molecule has 4 rings (SSSR count). The van der Waals surface area contributed by atoms with Crippen LogP contribution in [-0.4, -0.2) is 29.0 Å². The molecule has 3 nitrogen and oxygen atoms in total. The number of nitrogens with zero attached hydrogens (tertiary/aromatic N) is 1. The highest BCUT2D eigenvalue weighted by Crippen LogP contribution is 2.49. The zero-order valence-electron chi connectivity index (χ0n) is 15.9. The van der Waals surface area contributed by atoms with Gasteiger partial charge in [0.25, 0.3) is 0 Å². The van der Waals surface area contributed by atoms with Gasteiger partial charge in [-0.1, -0.05) is 60.7 Å². The number of benzene rings is 2. The molecule has 1 aliphatic heterocycles. The second-order valence-electron chi connectivity index (χ2n) is 8.22. The van der Waals surface area contributed by atoms with Gasteiger partial charge in [-0.3, -0.25) is 4.79 Å². The summed E-state index contributed by atoms with van der Waals surface area (Å²) in [6, 6.07) is 20.5. The maximum atomic E-state index is 13.1. The molecule has 2 aromatic rings.